The van der Waals surface area contributed by atoms with Crippen molar-refractivity contribution in [1.82, 2.24) is 20.4 Å². The highest BCUT2D eigenvalue weighted by atomic mass is 16.5. The number of imide groups is 1. The normalized spacial score (nSPS) is 26.2. The van der Waals surface area contributed by atoms with Crippen molar-refractivity contribution in [2.45, 2.75) is 81.7 Å². The standard InChI is InChI=1S/C22H36N4O4/c27-18(7-6-12-26-19(28)22(24-20(26)29)10-4-5-11-22)23-17-21(8-2-1-3-9-21)25-13-15-30-16-14-25/h1-17H2,(H,23,27)(H,24,29). The molecule has 4 aliphatic rings. The lowest BCUT2D eigenvalue weighted by atomic mass is 9.79. The highest BCUT2D eigenvalue weighted by Gasteiger charge is 2.52. The van der Waals surface area contributed by atoms with Gasteiger partial charge >= 0.3 is 6.03 Å². The first-order valence-electron chi connectivity index (χ1n) is 11.8. The predicted octanol–water partition coefficient (Wildman–Crippen LogP) is 1.78. The summed E-state index contributed by atoms with van der Waals surface area (Å²) in [6.07, 6.45) is 10.2. The Bertz CT molecular complexity index is 650. The van der Waals surface area contributed by atoms with Crippen LogP contribution in [0, 0.1) is 0 Å². The molecule has 0 radical (unpaired) electrons. The molecule has 0 bridgehead atoms. The van der Waals surface area contributed by atoms with Gasteiger partial charge in [-0.1, -0.05) is 32.1 Å². The first-order valence-corrected chi connectivity index (χ1v) is 11.8. The third kappa shape index (κ3) is 4.35. The van der Waals surface area contributed by atoms with Crippen LogP contribution in [-0.2, 0) is 14.3 Å². The monoisotopic (exact) mass is 420 g/mol. The maximum Gasteiger partial charge on any atom is 0.325 e. The highest BCUT2D eigenvalue weighted by molar-refractivity contribution is 6.07. The van der Waals surface area contributed by atoms with Gasteiger partial charge in [-0.05, 0) is 32.1 Å². The highest BCUT2D eigenvalue weighted by Crippen LogP contribution is 2.35. The van der Waals surface area contributed by atoms with E-state index in [0.29, 0.717) is 25.9 Å². The zero-order valence-corrected chi connectivity index (χ0v) is 18.0. The van der Waals surface area contributed by atoms with Gasteiger partial charge < -0.3 is 15.4 Å². The SMILES string of the molecule is O=C(CCCN1C(=O)NC2(CCCC2)C1=O)NCC1(N2CCOCC2)CCCCC1. The van der Waals surface area contributed by atoms with E-state index in [9.17, 15) is 14.4 Å². The number of nitrogens with one attached hydrogen (secondary N) is 2. The lowest BCUT2D eigenvalue weighted by Crippen LogP contribution is -2.59. The van der Waals surface area contributed by atoms with Crippen LogP contribution in [0.5, 0.6) is 0 Å². The fraction of sp³-hybridized carbons (Fsp3) is 0.864. The van der Waals surface area contributed by atoms with Crippen molar-refractivity contribution in [2.75, 3.05) is 39.4 Å². The number of morpholine rings is 1. The lowest BCUT2D eigenvalue weighted by Gasteiger charge is -2.48. The van der Waals surface area contributed by atoms with Gasteiger partial charge in [0.15, 0.2) is 0 Å². The Hall–Kier alpha value is -1.67. The molecule has 8 nitrogen and oxygen atoms in total. The first-order chi connectivity index (χ1) is 14.5. The van der Waals surface area contributed by atoms with E-state index in [4.69, 9.17) is 4.74 Å². The molecule has 2 saturated heterocycles. The van der Waals surface area contributed by atoms with Crippen molar-refractivity contribution >= 4 is 17.8 Å². The Labute approximate surface area is 179 Å². The second-order valence-electron chi connectivity index (χ2n) is 9.44. The van der Waals surface area contributed by atoms with Gasteiger partial charge in [0.2, 0.25) is 5.91 Å². The number of hydrogen-bond donors (Lipinski definition) is 2. The van der Waals surface area contributed by atoms with Gasteiger partial charge in [-0.2, -0.15) is 0 Å². The van der Waals surface area contributed by atoms with Crippen molar-refractivity contribution in [1.29, 1.82) is 0 Å². The molecule has 2 aliphatic carbocycles. The second kappa shape index (κ2) is 9.22. The number of urea groups is 1. The average molecular weight is 421 g/mol. The lowest BCUT2D eigenvalue weighted by molar-refractivity contribution is -0.131. The predicted molar refractivity (Wildman–Crippen MR) is 112 cm³/mol. The van der Waals surface area contributed by atoms with Crippen molar-refractivity contribution in [3.05, 3.63) is 0 Å². The maximum atomic E-state index is 12.7. The number of nitrogens with zero attached hydrogens (tertiary/aromatic N) is 2. The van der Waals surface area contributed by atoms with Crippen molar-refractivity contribution in [2.24, 2.45) is 0 Å². The molecule has 0 aromatic heterocycles. The topological polar surface area (TPSA) is 91.0 Å². The van der Waals surface area contributed by atoms with Gasteiger partial charge in [0.05, 0.1) is 13.2 Å². The smallest absolute Gasteiger partial charge is 0.325 e. The molecular formula is C22H36N4O4. The Kier molecular flexibility index (Phi) is 6.63. The molecular weight excluding hydrogens is 384 g/mol. The Morgan fingerprint density at radius 1 is 1.00 bits per heavy atom. The van der Waals surface area contributed by atoms with Crippen LogP contribution in [0.15, 0.2) is 0 Å². The summed E-state index contributed by atoms with van der Waals surface area (Å²) < 4.78 is 5.52. The molecule has 2 aliphatic heterocycles. The van der Waals surface area contributed by atoms with E-state index in [1.54, 1.807) is 0 Å². The van der Waals surface area contributed by atoms with Crippen LogP contribution in [-0.4, -0.2) is 78.1 Å². The molecule has 4 fully saturated rings. The van der Waals surface area contributed by atoms with Gasteiger partial charge in [-0.25, -0.2) is 4.79 Å². The Morgan fingerprint density at radius 3 is 2.37 bits per heavy atom. The number of hydrogen-bond acceptors (Lipinski definition) is 5. The van der Waals surface area contributed by atoms with Crippen LogP contribution < -0.4 is 10.6 Å². The van der Waals surface area contributed by atoms with E-state index in [2.05, 4.69) is 15.5 Å². The van der Waals surface area contributed by atoms with Crippen LogP contribution in [0.3, 0.4) is 0 Å². The van der Waals surface area contributed by atoms with Crippen LogP contribution in [0.1, 0.15) is 70.6 Å². The van der Waals surface area contributed by atoms with E-state index in [1.807, 2.05) is 0 Å². The van der Waals surface area contributed by atoms with E-state index in [0.717, 1.165) is 64.8 Å². The Morgan fingerprint density at radius 2 is 1.67 bits per heavy atom. The average Bonchev–Trinajstić information content (AvgIpc) is 3.34. The minimum Gasteiger partial charge on any atom is -0.379 e. The molecule has 8 heteroatoms. The summed E-state index contributed by atoms with van der Waals surface area (Å²) in [4.78, 5) is 41.3. The van der Waals surface area contributed by atoms with E-state index >= 15 is 0 Å². The molecule has 0 atom stereocenters. The number of rotatable bonds is 7. The molecule has 0 unspecified atom stereocenters. The summed E-state index contributed by atoms with van der Waals surface area (Å²) >= 11 is 0. The van der Waals surface area contributed by atoms with Crippen LogP contribution >= 0.6 is 0 Å². The van der Waals surface area contributed by atoms with E-state index < -0.39 is 5.54 Å². The molecule has 2 N–H and O–H groups in total. The quantitative estimate of drug-likeness (QED) is 0.613. The summed E-state index contributed by atoms with van der Waals surface area (Å²) in [5.41, 5.74) is -0.609. The summed E-state index contributed by atoms with van der Waals surface area (Å²) in [6.45, 7) is 4.40. The third-order valence-electron chi connectivity index (χ3n) is 7.57. The van der Waals surface area contributed by atoms with Crippen molar-refractivity contribution in [3.63, 3.8) is 0 Å². The minimum atomic E-state index is -0.662. The van der Waals surface area contributed by atoms with Crippen molar-refractivity contribution in [3.8, 4) is 0 Å². The third-order valence-corrected chi connectivity index (χ3v) is 7.57. The summed E-state index contributed by atoms with van der Waals surface area (Å²) in [7, 11) is 0. The molecule has 0 aromatic carbocycles. The molecule has 1 spiro atoms. The molecule has 4 rings (SSSR count). The summed E-state index contributed by atoms with van der Waals surface area (Å²) in [5, 5.41) is 6.06. The van der Waals surface area contributed by atoms with Gasteiger partial charge in [0, 0.05) is 38.1 Å². The van der Waals surface area contributed by atoms with Crippen LogP contribution in [0.2, 0.25) is 0 Å². The molecule has 30 heavy (non-hydrogen) atoms. The molecule has 4 amide bonds. The zero-order valence-electron chi connectivity index (χ0n) is 18.0. The molecule has 2 saturated carbocycles. The number of amides is 4. The minimum absolute atomic E-state index is 0.0100. The molecule has 0 aromatic rings. The molecule has 168 valence electrons. The van der Waals surface area contributed by atoms with Gasteiger partial charge in [0.1, 0.15) is 5.54 Å². The van der Waals surface area contributed by atoms with Gasteiger partial charge in [-0.3, -0.25) is 19.4 Å². The Balaban J connectivity index is 1.24. The fourth-order valence-corrected chi connectivity index (χ4v) is 5.80. The van der Waals surface area contributed by atoms with Gasteiger partial charge in [0.25, 0.3) is 5.91 Å². The van der Waals surface area contributed by atoms with E-state index in [1.165, 1.54) is 24.2 Å². The largest absolute Gasteiger partial charge is 0.379 e. The second-order valence-corrected chi connectivity index (χ2v) is 9.44. The van der Waals surface area contributed by atoms with E-state index in [-0.39, 0.29) is 23.4 Å². The fourth-order valence-electron chi connectivity index (χ4n) is 5.80. The van der Waals surface area contributed by atoms with Crippen LogP contribution in [0.25, 0.3) is 0 Å². The number of ether oxygens (including phenoxy) is 1. The number of carbonyl (C=O) groups is 3. The van der Waals surface area contributed by atoms with Gasteiger partial charge in [-0.15, -0.1) is 0 Å². The summed E-state index contributed by atoms with van der Waals surface area (Å²) in [5.74, 6) is -0.0882. The number of carbonyl (C=O) groups excluding carboxylic acids is 3. The molecule has 2 heterocycles. The first kappa shape index (κ1) is 21.6. The van der Waals surface area contributed by atoms with Crippen molar-refractivity contribution < 1.29 is 19.1 Å². The maximum absolute atomic E-state index is 12.7. The summed E-state index contributed by atoms with van der Waals surface area (Å²) in [6, 6.07) is -0.296. The zero-order chi connectivity index (χ0) is 21.0. The van der Waals surface area contributed by atoms with Crippen LogP contribution in [0.4, 0.5) is 4.79 Å².